The Morgan fingerprint density at radius 2 is 1.12 bits per heavy atom. The average molecular weight is 359 g/mol. The van der Waals surface area contributed by atoms with Crippen LogP contribution in [0.4, 0.5) is 0 Å². The molecule has 4 aromatic carbocycles. The zero-order valence-electron chi connectivity index (χ0n) is 14.0. The van der Waals surface area contributed by atoms with E-state index in [2.05, 4.69) is 91.5 Å². The highest BCUT2D eigenvalue weighted by molar-refractivity contribution is 7.35. The SMILES string of the molecule is C=CC[Si](Cl)(c1cccc2ccccc12)c1cccc2ccccc12. The fourth-order valence-electron chi connectivity index (χ4n) is 3.71. The Kier molecular flexibility index (Phi) is 4.20. The van der Waals surface area contributed by atoms with Gasteiger partial charge >= 0.3 is 0 Å². The van der Waals surface area contributed by atoms with Gasteiger partial charge in [0.15, 0.2) is 0 Å². The predicted octanol–water partition coefficient (Wildman–Crippen LogP) is 5.48. The molecule has 0 aromatic heterocycles. The van der Waals surface area contributed by atoms with E-state index in [0.717, 1.165) is 6.04 Å². The molecule has 0 saturated carbocycles. The molecule has 0 spiro atoms. The van der Waals surface area contributed by atoms with E-state index in [4.69, 9.17) is 11.1 Å². The van der Waals surface area contributed by atoms with Gasteiger partial charge in [0.05, 0.1) is 0 Å². The van der Waals surface area contributed by atoms with Crippen molar-refractivity contribution in [2.75, 3.05) is 0 Å². The van der Waals surface area contributed by atoms with Crippen LogP contribution in [0.5, 0.6) is 0 Å². The average Bonchev–Trinajstić information content (AvgIpc) is 2.67. The summed E-state index contributed by atoms with van der Waals surface area (Å²) in [6.45, 7) is 4.01. The second kappa shape index (κ2) is 6.51. The number of rotatable bonds is 4. The molecule has 0 aliphatic heterocycles. The van der Waals surface area contributed by atoms with Crippen LogP contribution in [-0.4, -0.2) is 7.38 Å². The van der Waals surface area contributed by atoms with Crippen molar-refractivity contribution in [2.24, 2.45) is 0 Å². The van der Waals surface area contributed by atoms with E-state index in [1.165, 1.54) is 31.9 Å². The van der Waals surface area contributed by atoms with Crippen molar-refractivity contribution >= 4 is 50.4 Å². The minimum atomic E-state index is -2.48. The third-order valence-electron chi connectivity index (χ3n) is 4.86. The van der Waals surface area contributed by atoms with E-state index < -0.39 is 7.38 Å². The summed E-state index contributed by atoms with van der Waals surface area (Å²) in [5.74, 6) is 0. The molecule has 0 radical (unpaired) electrons. The van der Waals surface area contributed by atoms with Gasteiger partial charge < -0.3 is 0 Å². The maximum atomic E-state index is 7.52. The lowest BCUT2D eigenvalue weighted by atomic mass is 10.1. The first-order chi connectivity index (χ1) is 12.2. The molecule has 0 heterocycles. The summed E-state index contributed by atoms with van der Waals surface area (Å²) in [5.41, 5.74) is 0. The quantitative estimate of drug-likeness (QED) is 0.257. The van der Waals surface area contributed by atoms with E-state index in [-0.39, 0.29) is 0 Å². The Morgan fingerprint density at radius 3 is 1.60 bits per heavy atom. The number of hydrogen-bond acceptors (Lipinski definition) is 0. The molecule has 0 aliphatic rings. The topological polar surface area (TPSA) is 0 Å². The standard InChI is InChI=1S/C23H19ClSi/c1-2-17-25(24,22-15-7-11-18-9-3-5-13-20(18)22)23-16-8-12-19-10-4-6-14-21(19)23/h2-16H,1,17H2. The number of fused-ring (bicyclic) bond motifs is 2. The highest BCUT2D eigenvalue weighted by Crippen LogP contribution is 2.25. The first-order valence-corrected chi connectivity index (χ1v) is 11.7. The number of benzene rings is 4. The zero-order chi connectivity index (χ0) is 17.3. The first-order valence-electron chi connectivity index (χ1n) is 8.50. The summed E-state index contributed by atoms with van der Waals surface area (Å²) in [6, 6.07) is 30.8. The van der Waals surface area contributed by atoms with Crippen LogP contribution in [0.3, 0.4) is 0 Å². The van der Waals surface area contributed by atoms with Crippen molar-refractivity contribution < 1.29 is 0 Å². The van der Waals surface area contributed by atoms with E-state index in [9.17, 15) is 0 Å². The van der Waals surface area contributed by atoms with Crippen molar-refractivity contribution in [1.29, 1.82) is 0 Å². The van der Waals surface area contributed by atoms with Gasteiger partial charge in [0.25, 0.3) is 0 Å². The van der Waals surface area contributed by atoms with Crippen LogP contribution in [-0.2, 0) is 0 Å². The van der Waals surface area contributed by atoms with Crippen molar-refractivity contribution in [3.05, 3.63) is 97.6 Å². The van der Waals surface area contributed by atoms with Crippen molar-refractivity contribution in [3.8, 4) is 0 Å². The van der Waals surface area contributed by atoms with Crippen LogP contribution in [0.2, 0.25) is 6.04 Å². The highest BCUT2D eigenvalue weighted by Gasteiger charge is 2.36. The summed E-state index contributed by atoms with van der Waals surface area (Å²) in [4.78, 5) is 0. The minimum Gasteiger partial charge on any atom is -0.154 e. The van der Waals surface area contributed by atoms with E-state index in [1.54, 1.807) is 0 Å². The van der Waals surface area contributed by atoms with Crippen molar-refractivity contribution in [2.45, 2.75) is 6.04 Å². The molecule has 0 aliphatic carbocycles. The van der Waals surface area contributed by atoms with Crippen molar-refractivity contribution in [3.63, 3.8) is 0 Å². The smallest absolute Gasteiger partial charge is 0.154 e. The monoisotopic (exact) mass is 358 g/mol. The molecule has 0 unspecified atom stereocenters. The lowest BCUT2D eigenvalue weighted by Crippen LogP contribution is -2.53. The van der Waals surface area contributed by atoms with Gasteiger partial charge in [-0.3, -0.25) is 0 Å². The van der Waals surface area contributed by atoms with Crippen LogP contribution in [0.15, 0.2) is 97.6 Å². The summed E-state index contributed by atoms with van der Waals surface area (Å²) in [7, 11) is -2.48. The maximum Gasteiger partial charge on any atom is 0.222 e. The predicted molar refractivity (Wildman–Crippen MR) is 114 cm³/mol. The first kappa shape index (κ1) is 16.1. The van der Waals surface area contributed by atoms with Crippen molar-refractivity contribution in [1.82, 2.24) is 0 Å². The summed E-state index contributed by atoms with van der Waals surface area (Å²) >= 11 is 7.52. The van der Waals surface area contributed by atoms with Crippen LogP contribution in [0.1, 0.15) is 0 Å². The fraction of sp³-hybridized carbons (Fsp3) is 0.0435. The summed E-state index contributed by atoms with van der Waals surface area (Å²) in [5, 5.41) is 7.51. The molecule has 0 fully saturated rings. The van der Waals surface area contributed by atoms with Gasteiger partial charge in [-0.25, -0.2) is 0 Å². The Morgan fingerprint density at radius 1 is 0.680 bits per heavy atom. The third-order valence-corrected chi connectivity index (χ3v) is 9.97. The molecule has 0 amide bonds. The van der Waals surface area contributed by atoms with Crippen LogP contribution in [0, 0.1) is 0 Å². The Labute approximate surface area is 154 Å². The van der Waals surface area contributed by atoms with E-state index >= 15 is 0 Å². The molecule has 0 saturated heterocycles. The van der Waals surface area contributed by atoms with E-state index in [1.807, 2.05) is 6.08 Å². The molecule has 2 heteroatoms. The number of allylic oxidation sites excluding steroid dienone is 1. The zero-order valence-corrected chi connectivity index (χ0v) is 15.7. The molecule has 25 heavy (non-hydrogen) atoms. The largest absolute Gasteiger partial charge is 0.222 e. The van der Waals surface area contributed by atoms with Gasteiger partial charge in [-0.15, -0.1) is 6.58 Å². The van der Waals surface area contributed by atoms with Gasteiger partial charge in [0.2, 0.25) is 7.38 Å². The van der Waals surface area contributed by atoms with Gasteiger partial charge in [-0.1, -0.05) is 91.0 Å². The normalized spacial score (nSPS) is 11.7. The Hall–Kier alpha value is -2.35. The lowest BCUT2D eigenvalue weighted by molar-refractivity contribution is 1.64. The van der Waals surface area contributed by atoms with Crippen LogP contribution < -0.4 is 10.4 Å². The third kappa shape index (κ3) is 2.70. The molecule has 0 nitrogen and oxygen atoms in total. The Bertz CT molecular complexity index is 978. The Balaban J connectivity index is 2.06. The minimum absolute atomic E-state index is 0.802. The maximum absolute atomic E-state index is 7.52. The summed E-state index contributed by atoms with van der Waals surface area (Å²) < 4.78 is 0. The molecule has 0 atom stereocenters. The van der Waals surface area contributed by atoms with Gasteiger partial charge in [0, 0.05) is 0 Å². The molecule has 122 valence electrons. The van der Waals surface area contributed by atoms with Crippen LogP contribution in [0.25, 0.3) is 21.5 Å². The lowest BCUT2D eigenvalue weighted by Gasteiger charge is -2.27. The van der Waals surface area contributed by atoms with Gasteiger partial charge in [-0.05, 0) is 38.0 Å². The molecule has 4 rings (SSSR count). The van der Waals surface area contributed by atoms with Crippen LogP contribution >= 0.6 is 11.1 Å². The molecule has 0 bridgehead atoms. The highest BCUT2D eigenvalue weighted by atomic mass is 35.6. The second-order valence-corrected chi connectivity index (χ2v) is 11.4. The molecule has 4 aromatic rings. The second-order valence-electron chi connectivity index (χ2n) is 6.35. The summed E-state index contributed by atoms with van der Waals surface area (Å²) in [6.07, 6.45) is 1.97. The van der Waals surface area contributed by atoms with Gasteiger partial charge in [-0.2, -0.15) is 11.1 Å². The number of halogens is 1. The molecule has 0 N–H and O–H groups in total. The number of hydrogen-bond donors (Lipinski definition) is 0. The van der Waals surface area contributed by atoms with Gasteiger partial charge in [0.1, 0.15) is 0 Å². The molecular formula is C23H19ClSi. The molecular weight excluding hydrogens is 340 g/mol. The fourth-order valence-corrected chi connectivity index (χ4v) is 8.18. The van der Waals surface area contributed by atoms with E-state index in [0.29, 0.717) is 0 Å².